The van der Waals surface area contributed by atoms with Crippen LogP contribution in [0.4, 0.5) is 5.69 Å². The van der Waals surface area contributed by atoms with Gasteiger partial charge in [0.1, 0.15) is 6.04 Å². The molecule has 1 atom stereocenters. The number of carbonyl (C=O) groups excluding carboxylic acids is 1. The van der Waals surface area contributed by atoms with E-state index in [4.69, 9.17) is 4.74 Å². The predicted octanol–water partition coefficient (Wildman–Crippen LogP) is 2.08. The first-order valence-electron chi connectivity index (χ1n) is 8.55. The molecule has 4 heteroatoms. The van der Waals surface area contributed by atoms with Crippen LogP contribution >= 0.6 is 0 Å². The minimum Gasteiger partial charge on any atom is -0.464 e. The third-order valence-electron chi connectivity index (χ3n) is 5.46. The number of para-hydroxylation sites is 1. The SMILES string of the molecule is O=C1OCCC1N1CCC(CN2CCc3ccccc32)CC1. The lowest BCUT2D eigenvalue weighted by molar-refractivity contribution is -0.142. The molecule has 0 spiro atoms. The van der Waals surface area contributed by atoms with Crippen molar-refractivity contribution in [2.24, 2.45) is 5.92 Å². The fourth-order valence-electron chi connectivity index (χ4n) is 4.17. The van der Waals surface area contributed by atoms with Crippen LogP contribution in [0, 0.1) is 5.92 Å². The Labute approximate surface area is 132 Å². The fraction of sp³-hybridized carbons (Fsp3) is 0.611. The predicted molar refractivity (Wildman–Crippen MR) is 86.0 cm³/mol. The molecule has 2 fully saturated rings. The van der Waals surface area contributed by atoms with Crippen molar-refractivity contribution in [1.29, 1.82) is 0 Å². The Morgan fingerprint density at radius 2 is 1.91 bits per heavy atom. The molecule has 4 nitrogen and oxygen atoms in total. The molecule has 0 aliphatic carbocycles. The number of nitrogens with zero attached hydrogens (tertiary/aromatic N) is 2. The number of esters is 1. The topological polar surface area (TPSA) is 32.8 Å². The van der Waals surface area contributed by atoms with Crippen molar-refractivity contribution < 1.29 is 9.53 Å². The molecule has 1 unspecified atom stereocenters. The van der Waals surface area contributed by atoms with E-state index in [1.165, 1.54) is 37.1 Å². The minimum atomic E-state index is -0.00748. The van der Waals surface area contributed by atoms with E-state index in [2.05, 4.69) is 34.1 Å². The Bertz CT molecular complexity index is 552. The fourth-order valence-corrected chi connectivity index (χ4v) is 4.17. The van der Waals surface area contributed by atoms with Crippen LogP contribution in [0.15, 0.2) is 24.3 Å². The maximum Gasteiger partial charge on any atom is 0.323 e. The van der Waals surface area contributed by atoms with E-state index in [0.717, 1.165) is 32.0 Å². The summed E-state index contributed by atoms with van der Waals surface area (Å²) in [6, 6.07) is 8.83. The summed E-state index contributed by atoms with van der Waals surface area (Å²) in [5.74, 6) is 0.742. The second kappa shape index (κ2) is 5.92. The second-order valence-electron chi connectivity index (χ2n) is 6.78. The van der Waals surface area contributed by atoms with Crippen LogP contribution in [-0.2, 0) is 16.0 Å². The Kier molecular flexibility index (Phi) is 3.78. The molecule has 3 aliphatic heterocycles. The van der Waals surface area contributed by atoms with Gasteiger partial charge >= 0.3 is 5.97 Å². The van der Waals surface area contributed by atoms with E-state index in [1.807, 2.05) is 0 Å². The Morgan fingerprint density at radius 1 is 1.09 bits per heavy atom. The van der Waals surface area contributed by atoms with Crippen LogP contribution in [-0.4, -0.2) is 49.7 Å². The Balaban J connectivity index is 1.32. The van der Waals surface area contributed by atoms with Crippen molar-refractivity contribution in [1.82, 2.24) is 4.90 Å². The van der Waals surface area contributed by atoms with Crippen LogP contribution in [0.25, 0.3) is 0 Å². The zero-order valence-electron chi connectivity index (χ0n) is 13.0. The van der Waals surface area contributed by atoms with Gasteiger partial charge in [0.05, 0.1) is 6.61 Å². The van der Waals surface area contributed by atoms with Gasteiger partial charge in [-0.05, 0) is 49.9 Å². The molecule has 0 bridgehead atoms. The Morgan fingerprint density at radius 3 is 2.68 bits per heavy atom. The summed E-state index contributed by atoms with van der Waals surface area (Å²) in [6.45, 7) is 5.02. The van der Waals surface area contributed by atoms with Crippen molar-refractivity contribution in [3.63, 3.8) is 0 Å². The zero-order chi connectivity index (χ0) is 14.9. The third kappa shape index (κ3) is 2.60. The number of carbonyl (C=O) groups is 1. The normalized spacial score (nSPS) is 26.3. The summed E-state index contributed by atoms with van der Waals surface area (Å²) in [6.07, 6.45) is 4.46. The molecular formula is C18H24N2O2. The van der Waals surface area contributed by atoms with E-state index < -0.39 is 0 Å². The summed E-state index contributed by atoms with van der Waals surface area (Å²) in [5, 5.41) is 0. The average molecular weight is 300 g/mol. The molecular weight excluding hydrogens is 276 g/mol. The van der Waals surface area contributed by atoms with E-state index in [-0.39, 0.29) is 12.0 Å². The highest BCUT2D eigenvalue weighted by Gasteiger charge is 2.35. The van der Waals surface area contributed by atoms with Crippen molar-refractivity contribution in [2.75, 3.05) is 37.7 Å². The van der Waals surface area contributed by atoms with Crippen LogP contribution in [0.1, 0.15) is 24.8 Å². The van der Waals surface area contributed by atoms with Gasteiger partial charge in [-0.25, -0.2) is 0 Å². The van der Waals surface area contributed by atoms with E-state index in [9.17, 15) is 4.79 Å². The quantitative estimate of drug-likeness (QED) is 0.800. The van der Waals surface area contributed by atoms with Gasteiger partial charge in [0, 0.05) is 25.2 Å². The number of benzene rings is 1. The van der Waals surface area contributed by atoms with E-state index in [1.54, 1.807) is 0 Å². The van der Waals surface area contributed by atoms with Gasteiger partial charge in [-0.15, -0.1) is 0 Å². The average Bonchev–Trinajstić information content (AvgIpc) is 3.15. The number of ether oxygens (including phenoxy) is 1. The van der Waals surface area contributed by atoms with Crippen molar-refractivity contribution in [2.45, 2.75) is 31.7 Å². The molecule has 2 saturated heterocycles. The molecule has 22 heavy (non-hydrogen) atoms. The first-order valence-corrected chi connectivity index (χ1v) is 8.55. The first kappa shape index (κ1) is 14.1. The summed E-state index contributed by atoms with van der Waals surface area (Å²) < 4.78 is 5.10. The van der Waals surface area contributed by atoms with Gasteiger partial charge in [0.15, 0.2) is 0 Å². The molecule has 1 aromatic carbocycles. The minimum absolute atomic E-state index is 0.00748. The summed E-state index contributed by atoms with van der Waals surface area (Å²) in [5.41, 5.74) is 2.93. The number of rotatable bonds is 3. The molecule has 0 amide bonds. The number of likely N-dealkylation sites (tertiary alicyclic amines) is 1. The summed E-state index contributed by atoms with van der Waals surface area (Å²) in [7, 11) is 0. The summed E-state index contributed by atoms with van der Waals surface area (Å²) >= 11 is 0. The number of hydrogen-bond acceptors (Lipinski definition) is 4. The zero-order valence-corrected chi connectivity index (χ0v) is 13.0. The highest BCUT2D eigenvalue weighted by molar-refractivity contribution is 5.77. The maximum absolute atomic E-state index is 11.7. The number of fused-ring (bicyclic) bond motifs is 1. The van der Waals surface area contributed by atoms with Crippen LogP contribution in [0.2, 0.25) is 0 Å². The largest absolute Gasteiger partial charge is 0.464 e. The van der Waals surface area contributed by atoms with Gasteiger partial charge in [0.2, 0.25) is 0 Å². The van der Waals surface area contributed by atoms with E-state index in [0.29, 0.717) is 6.61 Å². The molecule has 0 saturated carbocycles. The lowest BCUT2D eigenvalue weighted by atomic mass is 9.95. The van der Waals surface area contributed by atoms with Crippen LogP contribution in [0.5, 0.6) is 0 Å². The molecule has 3 heterocycles. The molecule has 0 N–H and O–H groups in total. The monoisotopic (exact) mass is 300 g/mol. The van der Waals surface area contributed by atoms with Gasteiger partial charge < -0.3 is 9.64 Å². The second-order valence-corrected chi connectivity index (χ2v) is 6.78. The summed E-state index contributed by atoms with van der Waals surface area (Å²) in [4.78, 5) is 16.6. The molecule has 0 aromatic heterocycles. The van der Waals surface area contributed by atoms with Crippen LogP contribution < -0.4 is 4.90 Å². The van der Waals surface area contributed by atoms with Crippen LogP contribution in [0.3, 0.4) is 0 Å². The smallest absolute Gasteiger partial charge is 0.323 e. The number of cyclic esters (lactones) is 1. The number of anilines is 1. The third-order valence-corrected chi connectivity index (χ3v) is 5.46. The van der Waals surface area contributed by atoms with Gasteiger partial charge in [-0.3, -0.25) is 9.69 Å². The highest BCUT2D eigenvalue weighted by atomic mass is 16.5. The van der Waals surface area contributed by atoms with Crippen molar-refractivity contribution in [3.05, 3.63) is 29.8 Å². The lowest BCUT2D eigenvalue weighted by Gasteiger charge is -2.36. The highest BCUT2D eigenvalue weighted by Crippen LogP contribution is 2.30. The molecule has 3 aliphatic rings. The molecule has 4 rings (SSSR count). The molecule has 1 aromatic rings. The lowest BCUT2D eigenvalue weighted by Crippen LogP contribution is -2.45. The van der Waals surface area contributed by atoms with Gasteiger partial charge in [0.25, 0.3) is 0 Å². The molecule has 118 valence electrons. The van der Waals surface area contributed by atoms with Crippen molar-refractivity contribution >= 4 is 11.7 Å². The Hall–Kier alpha value is -1.55. The number of hydrogen-bond donors (Lipinski definition) is 0. The maximum atomic E-state index is 11.7. The van der Waals surface area contributed by atoms with E-state index >= 15 is 0 Å². The van der Waals surface area contributed by atoms with Gasteiger partial charge in [-0.2, -0.15) is 0 Å². The first-order chi connectivity index (χ1) is 10.8. The van der Waals surface area contributed by atoms with Crippen molar-refractivity contribution in [3.8, 4) is 0 Å². The molecule has 0 radical (unpaired) electrons. The standard InChI is InChI=1S/C18H24N2O2/c21-18-17(8-12-22-18)19-9-5-14(6-10-19)13-20-11-7-15-3-1-2-4-16(15)20/h1-4,14,17H,5-13H2. The van der Waals surface area contributed by atoms with Gasteiger partial charge in [-0.1, -0.05) is 18.2 Å². The number of piperidine rings is 1.